The van der Waals surface area contributed by atoms with Gasteiger partial charge in [0.1, 0.15) is 11.5 Å². The molecule has 33 aromatic rings. The first-order valence-electron chi connectivity index (χ1n) is 40.7. The molecule has 0 fully saturated rings. The van der Waals surface area contributed by atoms with Crippen LogP contribution >= 0.6 is 47.0 Å². The van der Waals surface area contributed by atoms with Crippen LogP contribution in [-0.4, -0.2) is 16.6 Å². The summed E-state index contributed by atoms with van der Waals surface area (Å²) in [6.07, 6.45) is 2.03. The highest BCUT2D eigenvalue weighted by atomic mass is 32.2. The van der Waals surface area contributed by atoms with E-state index in [4.69, 9.17) is 8.85 Å². The Morgan fingerprint density at radius 3 is 0.625 bits per heavy atom. The van der Waals surface area contributed by atoms with Crippen LogP contribution in [0.1, 0.15) is 76.6 Å². The molecule has 504 valence electrons. The Labute approximate surface area is 649 Å². The Hall–Kier alpha value is -10.5. The molecule has 0 aromatic heterocycles. The molecule has 2 nitrogen and oxygen atoms in total. The van der Waals surface area contributed by atoms with Gasteiger partial charge in [0.05, 0.1) is 18.3 Å². The van der Waals surface area contributed by atoms with Crippen molar-refractivity contribution in [2.75, 3.05) is 0 Å². The summed E-state index contributed by atoms with van der Waals surface area (Å²) in [6.45, 7) is 14.6. The molecule has 33 aromatic carbocycles. The van der Waals surface area contributed by atoms with Crippen molar-refractivity contribution in [3.63, 3.8) is 0 Å². The molecule has 2 aliphatic heterocycles. The van der Waals surface area contributed by atoms with E-state index in [0.29, 0.717) is 0 Å². The summed E-state index contributed by atoms with van der Waals surface area (Å²) in [5, 5.41) is 94.4. The summed E-state index contributed by atoms with van der Waals surface area (Å²) < 4.78 is 19.5. The lowest BCUT2D eigenvalue weighted by Gasteiger charge is -2.55. The summed E-state index contributed by atoms with van der Waals surface area (Å²) in [4.78, 5) is 5.62. The van der Waals surface area contributed by atoms with Gasteiger partial charge in [-0.05, 0) is 369 Å². The number of rotatable bonds is 8. The Bertz CT molecular complexity index is 9520. The predicted octanol–water partition coefficient (Wildman–Crippen LogP) is 27.7. The fourth-order valence-electron chi connectivity index (χ4n) is 32.2. The van der Waals surface area contributed by atoms with Crippen molar-refractivity contribution in [2.24, 2.45) is 0 Å². The molecule has 112 heavy (non-hydrogen) atoms. The van der Waals surface area contributed by atoms with Gasteiger partial charge in [0.2, 0.25) is 0 Å². The number of hydrogen-bond donors (Lipinski definition) is 0. The molecule has 0 radical (unpaired) electrons. The van der Waals surface area contributed by atoms with E-state index in [-0.39, 0.29) is 20.9 Å². The first kappa shape index (κ1) is 52.7. The number of hydrogen-bond acceptors (Lipinski definition) is 6. The monoisotopic (exact) mass is 1510 g/mol. The molecule has 0 saturated carbocycles. The summed E-state index contributed by atoms with van der Waals surface area (Å²) in [5.41, 5.74) is 6.39. The maximum absolute atomic E-state index is 8.37. The molecule has 0 saturated heterocycles. The van der Waals surface area contributed by atoms with Crippen molar-refractivity contribution < 1.29 is 8.85 Å². The highest BCUT2D eigenvalue weighted by Crippen LogP contribution is 2.88. The van der Waals surface area contributed by atoms with Crippen molar-refractivity contribution in [3.05, 3.63) is 174 Å². The van der Waals surface area contributed by atoms with Crippen LogP contribution in [0, 0.1) is 0 Å². The first-order chi connectivity index (χ1) is 55.0. The average Bonchev–Trinajstić information content (AvgIpc) is 1.38. The lowest BCUT2D eigenvalue weighted by Crippen LogP contribution is -2.69. The van der Waals surface area contributed by atoms with Gasteiger partial charge in [0.15, 0.2) is 0 Å². The van der Waals surface area contributed by atoms with Gasteiger partial charge in [-0.15, -0.1) is 0 Å². The standard InChI is InChI=1S/C104H44O2S4Si2/c1-101(2,3)111(31-19-11-7-12-20-31,32-21-13-8-14-22-32)105-35-27-28-36(106-112(102(4,5)6,33-23-15-9-16-24-33)34-25-17-10-18-26-34)98-97(35)109-100(110-98)99-107-37-29-103-93-86-79-67-59-50-41-39-40-42-45(41)54-61(59)69-70-62(54)60-51(42)53-49-44(40)47-46-43(39)48-52(50)65(67)73-71-57(48)55(46)63-64-56(47)58(49)72-74-66(53)68(60)80-82(70)91(90(93)81(69)79)94-87(80)85(74)89-78(72)76(64)83-75(63)77(71)88(84(73)86)95(103)92(83)96(89)104(94,103)30-38(37)108-99/h7-28H,29-30H2,1-6H3. The Balaban J connectivity index is 0.650. The van der Waals surface area contributed by atoms with Crippen molar-refractivity contribution >= 4 is 375 Å². The maximum Gasteiger partial charge on any atom is 0.320 e. The van der Waals surface area contributed by atoms with Crippen LogP contribution in [-0.2, 0) is 10.8 Å². The lowest BCUT2D eigenvalue weighted by molar-refractivity contribution is 0.318. The zero-order valence-electron chi connectivity index (χ0n) is 60.6. The second-order valence-corrected chi connectivity index (χ2v) is 52.2. The topological polar surface area (TPSA) is 18.5 Å². The third-order valence-corrected chi connectivity index (χ3v) is 49.9. The van der Waals surface area contributed by atoms with Crippen LogP contribution in [0.4, 0.5) is 0 Å². The molecule has 0 amide bonds. The molecular formula is C104H44O2S4Si2. The molecular weight excluding hydrogens is 1470 g/mol. The smallest absolute Gasteiger partial charge is 0.320 e. The third-order valence-electron chi connectivity index (χ3n) is 34.2. The Morgan fingerprint density at radius 1 is 0.223 bits per heavy atom. The summed E-state index contributed by atoms with van der Waals surface area (Å²) in [7, 11) is -6.29. The number of thioether (sulfide) groups is 4. The number of allylic oxidation sites excluding steroid dienone is 2. The second kappa shape index (κ2) is 14.1. The molecule has 7 aliphatic rings. The quantitative estimate of drug-likeness (QED) is 0.111. The minimum absolute atomic E-state index is 0.253. The molecule has 2 heterocycles. The Morgan fingerprint density at radius 2 is 0.402 bits per heavy atom. The fourth-order valence-corrected chi connectivity index (χ4v) is 47.1. The van der Waals surface area contributed by atoms with Gasteiger partial charge in [0, 0.05) is 20.6 Å². The van der Waals surface area contributed by atoms with Crippen LogP contribution in [0.2, 0.25) is 10.1 Å². The highest BCUT2D eigenvalue weighted by molar-refractivity contribution is 8.32. The average molecular weight is 1510 g/mol. The SMILES string of the molecule is CC(C)(C)[Si](Oc1ccc(O[Si](c2ccccc2)(c2ccccc2)C(C)(C)C)c2c1SC(=C1SC3=C(CC45c6c7c8c9c%10c%11c(c%12c%13c4c4c%14c6c6c%15c7c7c9c9c%10c%10c%16c%11c%12c%11c%12c%13c4c4c%13c%14c6c6c%14c%15c7c7c9c9c%10c%10c%16c%11c%11c%12c4c4c%13c6c6c%14c7c9c7c%10c%11c4c67)C85C3)S1)S2)(c1ccccc1)c1ccccc1. The van der Waals surface area contributed by atoms with Crippen molar-refractivity contribution in [1.29, 1.82) is 0 Å². The van der Waals surface area contributed by atoms with E-state index in [1.54, 1.807) is 323 Å². The van der Waals surface area contributed by atoms with Crippen LogP contribution in [0.5, 0.6) is 11.5 Å². The molecule has 8 heteroatoms. The van der Waals surface area contributed by atoms with E-state index in [2.05, 4.69) is 199 Å². The largest absolute Gasteiger partial charge is 0.533 e. The molecule has 2 spiro atoms. The van der Waals surface area contributed by atoms with Gasteiger partial charge in [-0.2, -0.15) is 0 Å². The number of fused-ring (bicyclic) bond motifs is 1. The molecule has 5 aliphatic carbocycles. The van der Waals surface area contributed by atoms with Gasteiger partial charge in [0.25, 0.3) is 0 Å². The fraction of sp³-hybridized carbons (Fsp3) is 0.115. The van der Waals surface area contributed by atoms with E-state index in [1.807, 2.05) is 23.5 Å². The number of benzene rings is 22. The van der Waals surface area contributed by atoms with E-state index >= 15 is 0 Å². The lowest BCUT2D eigenvalue weighted by atomic mass is 9.46. The maximum atomic E-state index is 8.37. The minimum Gasteiger partial charge on any atom is -0.533 e. The van der Waals surface area contributed by atoms with Gasteiger partial charge in [-0.3, -0.25) is 0 Å². The predicted molar refractivity (Wildman–Crippen MR) is 487 cm³/mol. The minimum atomic E-state index is -3.15. The third kappa shape index (κ3) is 3.90. The molecule has 0 bridgehead atoms. The van der Waals surface area contributed by atoms with E-state index in [1.165, 1.54) is 39.0 Å². The molecule has 40 rings (SSSR count). The molecule has 0 N–H and O–H groups in total. The van der Waals surface area contributed by atoms with Gasteiger partial charge < -0.3 is 8.85 Å². The zero-order valence-corrected chi connectivity index (χ0v) is 65.8. The van der Waals surface area contributed by atoms with E-state index in [0.717, 1.165) is 24.3 Å². The molecule has 2 unspecified atom stereocenters. The van der Waals surface area contributed by atoms with Gasteiger partial charge in [-0.1, -0.05) is 210 Å². The zero-order chi connectivity index (χ0) is 70.6. The Kier molecular flexibility index (Phi) is 6.63. The van der Waals surface area contributed by atoms with Crippen molar-refractivity contribution in [2.45, 2.75) is 85.1 Å². The van der Waals surface area contributed by atoms with E-state index in [9.17, 15) is 0 Å². The highest BCUT2D eigenvalue weighted by Gasteiger charge is 2.72. The van der Waals surface area contributed by atoms with Crippen molar-refractivity contribution in [1.82, 2.24) is 0 Å². The molecule has 2 atom stereocenters. The van der Waals surface area contributed by atoms with Crippen LogP contribution in [0.25, 0.3) is 291 Å². The van der Waals surface area contributed by atoms with Crippen LogP contribution < -0.4 is 29.6 Å². The summed E-state index contributed by atoms with van der Waals surface area (Å²) >= 11 is 8.34. The normalized spacial score (nSPS) is 20.2. The first-order valence-corrected chi connectivity index (χ1v) is 47.7. The summed E-state index contributed by atoms with van der Waals surface area (Å²) in [6, 6.07) is 49.9. The van der Waals surface area contributed by atoms with Crippen LogP contribution in [0.15, 0.2) is 162 Å². The van der Waals surface area contributed by atoms with Crippen LogP contribution in [0.3, 0.4) is 0 Å². The van der Waals surface area contributed by atoms with E-state index < -0.39 is 16.6 Å². The summed E-state index contributed by atoms with van der Waals surface area (Å²) in [5.74, 6) is 1.92. The van der Waals surface area contributed by atoms with Gasteiger partial charge >= 0.3 is 16.6 Å². The van der Waals surface area contributed by atoms with Gasteiger partial charge in [-0.25, -0.2) is 0 Å². The van der Waals surface area contributed by atoms with Crippen molar-refractivity contribution in [3.8, 4) is 11.5 Å². The second-order valence-electron chi connectivity index (χ2n) is 39.0.